The van der Waals surface area contributed by atoms with Crippen LogP contribution in [0, 0.1) is 6.92 Å². The van der Waals surface area contributed by atoms with Crippen molar-refractivity contribution >= 4 is 0 Å². The lowest BCUT2D eigenvalue weighted by Gasteiger charge is -2.10. The van der Waals surface area contributed by atoms with Crippen LogP contribution in [0.5, 0.6) is 0 Å². The van der Waals surface area contributed by atoms with E-state index < -0.39 is 0 Å². The van der Waals surface area contributed by atoms with Crippen LogP contribution in [0.4, 0.5) is 0 Å². The molecule has 0 bridgehead atoms. The quantitative estimate of drug-likeness (QED) is 0.708. The average molecular weight is 220 g/mol. The van der Waals surface area contributed by atoms with Crippen LogP contribution in [-0.2, 0) is 6.42 Å². The molecule has 90 valence electrons. The molecule has 1 N–H and O–H groups in total. The molecule has 0 radical (unpaired) electrons. The molecule has 1 aromatic rings. The second-order valence-corrected chi connectivity index (χ2v) is 4.64. The van der Waals surface area contributed by atoms with Crippen LogP contribution in [0.3, 0.4) is 0 Å². The first-order valence-electron chi connectivity index (χ1n) is 6.09. The highest BCUT2D eigenvalue weighted by Gasteiger charge is 1.93. The van der Waals surface area contributed by atoms with Crippen molar-refractivity contribution in [1.82, 2.24) is 10.2 Å². The van der Waals surface area contributed by atoms with E-state index in [9.17, 15) is 0 Å². The van der Waals surface area contributed by atoms with Gasteiger partial charge in [0.1, 0.15) is 0 Å². The minimum atomic E-state index is 1.08. The van der Waals surface area contributed by atoms with Crippen molar-refractivity contribution in [3.8, 4) is 0 Å². The molecular weight excluding hydrogens is 196 g/mol. The van der Waals surface area contributed by atoms with Gasteiger partial charge in [-0.3, -0.25) is 0 Å². The number of likely N-dealkylation sites (N-methyl/N-ethyl adjacent to an activating group) is 1. The van der Waals surface area contributed by atoms with Gasteiger partial charge in [0.2, 0.25) is 0 Å². The fourth-order valence-electron chi connectivity index (χ4n) is 1.60. The Bertz CT molecular complexity index is 277. The van der Waals surface area contributed by atoms with Crippen molar-refractivity contribution in [1.29, 1.82) is 0 Å². The second-order valence-electron chi connectivity index (χ2n) is 4.64. The Labute approximate surface area is 99.7 Å². The number of hydrogen-bond donors (Lipinski definition) is 1. The van der Waals surface area contributed by atoms with Crippen molar-refractivity contribution in [3.63, 3.8) is 0 Å². The van der Waals surface area contributed by atoms with Gasteiger partial charge in [-0.1, -0.05) is 29.8 Å². The third-order valence-electron chi connectivity index (χ3n) is 2.68. The summed E-state index contributed by atoms with van der Waals surface area (Å²) in [6, 6.07) is 8.84. The zero-order valence-corrected chi connectivity index (χ0v) is 10.8. The van der Waals surface area contributed by atoms with E-state index in [-0.39, 0.29) is 0 Å². The minimum absolute atomic E-state index is 1.08. The predicted molar refractivity (Wildman–Crippen MR) is 70.9 cm³/mol. The molecule has 0 saturated carbocycles. The van der Waals surface area contributed by atoms with Crippen molar-refractivity contribution in [2.75, 3.05) is 33.7 Å². The fraction of sp³-hybridized carbons (Fsp3) is 0.571. The van der Waals surface area contributed by atoms with Gasteiger partial charge < -0.3 is 10.2 Å². The van der Waals surface area contributed by atoms with Gasteiger partial charge in [-0.2, -0.15) is 0 Å². The van der Waals surface area contributed by atoms with E-state index in [1.54, 1.807) is 0 Å². The molecule has 0 fully saturated rings. The van der Waals surface area contributed by atoms with E-state index in [1.165, 1.54) is 24.0 Å². The third-order valence-corrected chi connectivity index (χ3v) is 2.68. The Hall–Kier alpha value is -0.860. The van der Waals surface area contributed by atoms with Crippen LogP contribution in [0.2, 0.25) is 0 Å². The molecule has 1 aromatic carbocycles. The standard InChI is InChI=1S/C14H24N2/c1-13-6-8-14(9-7-13)5-4-10-15-11-12-16(2)3/h6-9,15H,4-5,10-12H2,1-3H3. The van der Waals surface area contributed by atoms with Crippen molar-refractivity contribution in [2.24, 2.45) is 0 Å². The lowest BCUT2D eigenvalue weighted by atomic mass is 10.1. The van der Waals surface area contributed by atoms with Gasteiger partial charge >= 0.3 is 0 Å². The summed E-state index contributed by atoms with van der Waals surface area (Å²) in [7, 11) is 4.21. The molecule has 0 aliphatic carbocycles. The Morgan fingerprint density at radius 2 is 1.75 bits per heavy atom. The maximum Gasteiger partial charge on any atom is 0.0101 e. The largest absolute Gasteiger partial charge is 0.315 e. The lowest BCUT2D eigenvalue weighted by Crippen LogP contribution is -2.27. The number of hydrogen-bond acceptors (Lipinski definition) is 2. The fourth-order valence-corrected chi connectivity index (χ4v) is 1.60. The molecular formula is C14H24N2. The molecule has 0 aliphatic heterocycles. The van der Waals surface area contributed by atoms with Crippen molar-refractivity contribution in [3.05, 3.63) is 35.4 Å². The molecule has 0 unspecified atom stereocenters. The van der Waals surface area contributed by atoms with Crippen LogP contribution < -0.4 is 5.32 Å². The van der Waals surface area contributed by atoms with E-state index in [0.29, 0.717) is 0 Å². The molecule has 0 aromatic heterocycles. The Kier molecular flexibility index (Phi) is 6.12. The molecule has 0 spiro atoms. The van der Waals surface area contributed by atoms with E-state index >= 15 is 0 Å². The van der Waals surface area contributed by atoms with Gasteiger partial charge in [0.15, 0.2) is 0 Å². The average Bonchev–Trinajstić information content (AvgIpc) is 2.25. The smallest absolute Gasteiger partial charge is 0.0101 e. The molecule has 0 heterocycles. The summed E-state index contributed by atoms with van der Waals surface area (Å²) in [5.41, 5.74) is 2.79. The topological polar surface area (TPSA) is 15.3 Å². The van der Waals surface area contributed by atoms with Crippen LogP contribution in [0.15, 0.2) is 24.3 Å². The summed E-state index contributed by atoms with van der Waals surface area (Å²) in [6.07, 6.45) is 2.39. The molecule has 0 atom stereocenters. The molecule has 0 aliphatic rings. The molecule has 2 nitrogen and oxygen atoms in total. The molecule has 0 amide bonds. The van der Waals surface area contributed by atoms with Crippen LogP contribution >= 0.6 is 0 Å². The van der Waals surface area contributed by atoms with E-state index in [1.807, 2.05) is 0 Å². The first-order valence-corrected chi connectivity index (χ1v) is 6.09. The Morgan fingerprint density at radius 1 is 1.06 bits per heavy atom. The van der Waals surface area contributed by atoms with Gasteiger partial charge in [-0.05, 0) is 46.0 Å². The summed E-state index contributed by atoms with van der Waals surface area (Å²) in [5, 5.41) is 3.46. The highest BCUT2D eigenvalue weighted by Crippen LogP contribution is 2.05. The minimum Gasteiger partial charge on any atom is -0.315 e. The van der Waals surface area contributed by atoms with Crippen molar-refractivity contribution < 1.29 is 0 Å². The summed E-state index contributed by atoms with van der Waals surface area (Å²) in [6.45, 7) is 5.44. The highest BCUT2D eigenvalue weighted by atomic mass is 15.1. The van der Waals surface area contributed by atoms with Gasteiger partial charge in [-0.25, -0.2) is 0 Å². The zero-order chi connectivity index (χ0) is 11.8. The predicted octanol–water partition coefficient (Wildman–Crippen LogP) is 2.08. The van der Waals surface area contributed by atoms with Crippen LogP contribution in [-0.4, -0.2) is 38.6 Å². The number of benzene rings is 1. The maximum absolute atomic E-state index is 3.46. The molecule has 16 heavy (non-hydrogen) atoms. The molecule has 2 heteroatoms. The first kappa shape index (κ1) is 13.2. The van der Waals surface area contributed by atoms with E-state index in [2.05, 4.69) is 55.5 Å². The Morgan fingerprint density at radius 3 is 2.38 bits per heavy atom. The lowest BCUT2D eigenvalue weighted by molar-refractivity contribution is 0.400. The maximum atomic E-state index is 3.46. The van der Waals surface area contributed by atoms with Gasteiger partial charge in [0.25, 0.3) is 0 Å². The second kappa shape index (κ2) is 7.42. The van der Waals surface area contributed by atoms with Gasteiger partial charge in [0.05, 0.1) is 0 Å². The first-order chi connectivity index (χ1) is 7.68. The van der Waals surface area contributed by atoms with Crippen molar-refractivity contribution in [2.45, 2.75) is 19.8 Å². The van der Waals surface area contributed by atoms with E-state index in [0.717, 1.165) is 19.6 Å². The monoisotopic (exact) mass is 220 g/mol. The number of aryl methyl sites for hydroxylation is 2. The summed E-state index contributed by atoms with van der Waals surface area (Å²) < 4.78 is 0. The SMILES string of the molecule is Cc1ccc(CCCNCCN(C)C)cc1. The zero-order valence-electron chi connectivity index (χ0n) is 10.8. The molecule has 1 rings (SSSR count). The number of nitrogens with one attached hydrogen (secondary N) is 1. The summed E-state index contributed by atoms with van der Waals surface area (Å²) in [4.78, 5) is 2.20. The Balaban J connectivity index is 2.05. The number of nitrogens with zero attached hydrogens (tertiary/aromatic N) is 1. The number of rotatable bonds is 7. The normalized spacial score (nSPS) is 11.0. The highest BCUT2D eigenvalue weighted by molar-refractivity contribution is 5.21. The van der Waals surface area contributed by atoms with Crippen LogP contribution in [0.1, 0.15) is 17.5 Å². The van der Waals surface area contributed by atoms with Gasteiger partial charge in [0, 0.05) is 13.1 Å². The summed E-state index contributed by atoms with van der Waals surface area (Å²) in [5.74, 6) is 0. The van der Waals surface area contributed by atoms with Crippen LogP contribution in [0.25, 0.3) is 0 Å². The van der Waals surface area contributed by atoms with Gasteiger partial charge in [-0.15, -0.1) is 0 Å². The third kappa shape index (κ3) is 5.89. The molecule has 0 saturated heterocycles. The van der Waals surface area contributed by atoms with E-state index in [4.69, 9.17) is 0 Å². The summed E-state index contributed by atoms with van der Waals surface area (Å²) >= 11 is 0.